The average molecular weight is 641 g/mol. The van der Waals surface area contributed by atoms with E-state index in [0.717, 1.165) is 29.4 Å². The van der Waals surface area contributed by atoms with Crippen molar-refractivity contribution in [2.75, 3.05) is 63.4 Å². The summed E-state index contributed by atoms with van der Waals surface area (Å²) in [6.45, 7) is 9.00. The predicted molar refractivity (Wildman–Crippen MR) is 182 cm³/mol. The van der Waals surface area contributed by atoms with Crippen molar-refractivity contribution in [2.45, 2.75) is 26.2 Å². The fraction of sp³-hybridized carbons (Fsp3) is 0.314. The van der Waals surface area contributed by atoms with Crippen molar-refractivity contribution in [2.24, 2.45) is 0 Å². The summed E-state index contributed by atoms with van der Waals surface area (Å²) in [7, 11) is 4.77. The fourth-order valence-electron chi connectivity index (χ4n) is 5.26. The molecular formula is C35H40N6O6. The molecule has 1 fully saturated rings. The van der Waals surface area contributed by atoms with Gasteiger partial charge in [0.1, 0.15) is 17.2 Å². The van der Waals surface area contributed by atoms with Crippen LogP contribution in [0, 0.1) is 0 Å². The van der Waals surface area contributed by atoms with Gasteiger partial charge in [0.2, 0.25) is 0 Å². The van der Waals surface area contributed by atoms with Crippen LogP contribution in [-0.4, -0.2) is 80.3 Å². The Bertz CT molecular complexity index is 1800. The Morgan fingerprint density at radius 2 is 1.47 bits per heavy atom. The number of aromatic nitrogens is 1. The molecule has 12 heteroatoms. The number of piperazine rings is 1. The second-order valence-electron chi connectivity index (χ2n) is 12.3. The lowest BCUT2D eigenvalue weighted by molar-refractivity contribution is 0.0658. The maximum absolute atomic E-state index is 13.4. The van der Waals surface area contributed by atoms with Crippen LogP contribution in [0.5, 0.6) is 17.2 Å². The van der Waals surface area contributed by atoms with Gasteiger partial charge in [-0.15, -0.1) is 0 Å². The predicted octanol–water partition coefficient (Wildman–Crippen LogP) is 6.54. The summed E-state index contributed by atoms with van der Waals surface area (Å²) in [5.74, 6) is 1.17. The standard InChI is InChI=1S/C35H40N6O6/c1-35(2,3)22-19-27(31(45-5)28(20-22)39-34(44)46-6)38-33(43)37-26-11-12-30(25-10-8-7-9-24(25)26)47-23-13-14-36-29(21-23)32(42)41-17-15-40(4)16-18-41/h7-14,19-21H,15-18H2,1-6H3,(H,39,44)(H2,37,38,43). The normalized spacial score (nSPS) is 13.5. The zero-order valence-electron chi connectivity index (χ0n) is 27.5. The number of hydrogen-bond acceptors (Lipinski definition) is 8. The van der Waals surface area contributed by atoms with Crippen molar-refractivity contribution in [3.05, 3.63) is 78.1 Å². The Balaban J connectivity index is 1.38. The number of amides is 4. The van der Waals surface area contributed by atoms with E-state index < -0.39 is 12.1 Å². The van der Waals surface area contributed by atoms with E-state index >= 15 is 0 Å². The first kappa shape index (κ1) is 33.0. The number of anilines is 3. The van der Waals surface area contributed by atoms with Crippen molar-refractivity contribution < 1.29 is 28.6 Å². The maximum Gasteiger partial charge on any atom is 0.411 e. The first-order chi connectivity index (χ1) is 22.5. The molecule has 4 amide bonds. The van der Waals surface area contributed by atoms with Gasteiger partial charge in [0, 0.05) is 49.2 Å². The van der Waals surface area contributed by atoms with E-state index in [1.165, 1.54) is 14.2 Å². The third kappa shape index (κ3) is 7.72. The summed E-state index contributed by atoms with van der Waals surface area (Å²) in [4.78, 5) is 46.8. The number of methoxy groups -OCH3 is 2. The van der Waals surface area contributed by atoms with Crippen LogP contribution in [0.15, 0.2) is 66.9 Å². The van der Waals surface area contributed by atoms with Crippen molar-refractivity contribution in [1.82, 2.24) is 14.8 Å². The summed E-state index contributed by atoms with van der Waals surface area (Å²) in [6.07, 6.45) is 0.902. The monoisotopic (exact) mass is 640 g/mol. The van der Waals surface area contributed by atoms with E-state index in [2.05, 4.69) is 25.8 Å². The van der Waals surface area contributed by atoms with Crippen molar-refractivity contribution in [3.63, 3.8) is 0 Å². The number of nitrogens with zero attached hydrogens (tertiary/aromatic N) is 3. The third-order valence-electron chi connectivity index (χ3n) is 7.93. The van der Waals surface area contributed by atoms with Gasteiger partial charge in [-0.2, -0.15) is 0 Å². The molecule has 0 atom stereocenters. The molecule has 0 bridgehead atoms. The molecule has 0 unspecified atom stereocenters. The number of pyridine rings is 1. The van der Waals surface area contributed by atoms with Crippen molar-refractivity contribution in [1.29, 1.82) is 0 Å². The van der Waals surface area contributed by atoms with Crippen LogP contribution in [0.1, 0.15) is 36.8 Å². The minimum Gasteiger partial charge on any atom is -0.492 e. The Kier molecular flexibility index (Phi) is 9.80. The number of likely N-dealkylation sites (N-methyl/N-ethyl adjacent to an activating group) is 1. The number of carbonyl (C=O) groups excluding carboxylic acids is 3. The van der Waals surface area contributed by atoms with Gasteiger partial charge in [-0.05, 0) is 48.4 Å². The zero-order valence-corrected chi connectivity index (χ0v) is 27.5. The minimum absolute atomic E-state index is 0.128. The lowest BCUT2D eigenvalue weighted by Crippen LogP contribution is -2.47. The summed E-state index contributed by atoms with van der Waals surface area (Å²) in [5.41, 5.74) is 2.15. The number of rotatable bonds is 7. The van der Waals surface area contributed by atoms with Gasteiger partial charge in [0.15, 0.2) is 5.75 Å². The maximum atomic E-state index is 13.4. The van der Waals surface area contributed by atoms with Crippen LogP contribution in [0.3, 0.4) is 0 Å². The van der Waals surface area contributed by atoms with Crippen LogP contribution < -0.4 is 25.4 Å². The molecule has 3 aromatic carbocycles. The van der Waals surface area contributed by atoms with Gasteiger partial charge in [-0.1, -0.05) is 45.0 Å². The number of carbonyl (C=O) groups is 3. The van der Waals surface area contributed by atoms with Crippen LogP contribution in [0.25, 0.3) is 10.8 Å². The van der Waals surface area contributed by atoms with Gasteiger partial charge in [0.05, 0.1) is 31.3 Å². The molecule has 1 saturated heterocycles. The van der Waals surface area contributed by atoms with Crippen molar-refractivity contribution >= 4 is 45.9 Å². The molecule has 3 N–H and O–H groups in total. The van der Waals surface area contributed by atoms with Crippen LogP contribution in [0.2, 0.25) is 0 Å². The topological polar surface area (TPSA) is 134 Å². The van der Waals surface area contributed by atoms with E-state index in [4.69, 9.17) is 14.2 Å². The molecule has 4 aromatic rings. The van der Waals surface area contributed by atoms with Gasteiger partial charge >= 0.3 is 12.1 Å². The van der Waals surface area contributed by atoms with E-state index in [1.807, 2.05) is 58.2 Å². The number of hydrogen-bond donors (Lipinski definition) is 3. The Morgan fingerprint density at radius 1 is 0.809 bits per heavy atom. The number of ether oxygens (including phenoxy) is 3. The van der Waals surface area contributed by atoms with Gasteiger partial charge < -0.3 is 34.6 Å². The van der Waals surface area contributed by atoms with Gasteiger partial charge in [0.25, 0.3) is 5.91 Å². The molecule has 1 aliphatic rings. The van der Waals surface area contributed by atoms with Crippen LogP contribution >= 0.6 is 0 Å². The summed E-state index contributed by atoms with van der Waals surface area (Å²) in [6, 6.07) is 17.5. The third-order valence-corrected chi connectivity index (χ3v) is 7.93. The largest absolute Gasteiger partial charge is 0.492 e. The van der Waals surface area contributed by atoms with E-state index in [0.29, 0.717) is 47.3 Å². The molecule has 1 aliphatic heterocycles. The molecule has 246 valence electrons. The summed E-state index contributed by atoms with van der Waals surface area (Å²) < 4.78 is 16.6. The van der Waals surface area contributed by atoms with Crippen molar-refractivity contribution in [3.8, 4) is 17.2 Å². The highest BCUT2D eigenvalue weighted by molar-refractivity contribution is 6.08. The molecule has 0 spiro atoms. The molecule has 2 heterocycles. The SMILES string of the molecule is COC(=O)Nc1cc(C(C)(C)C)cc(NC(=O)Nc2ccc(Oc3ccnc(C(=O)N4CCN(C)CC4)c3)c3ccccc23)c1OC. The number of benzene rings is 3. The highest BCUT2D eigenvalue weighted by atomic mass is 16.5. The lowest BCUT2D eigenvalue weighted by atomic mass is 9.86. The first-order valence-corrected chi connectivity index (χ1v) is 15.3. The van der Waals surface area contributed by atoms with E-state index in [1.54, 1.807) is 41.4 Å². The Hall–Kier alpha value is -5.36. The smallest absolute Gasteiger partial charge is 0.411 e. The molecule has 5 rings (SSSR count). The summed E-state index contributed by atoms with van der Waals surface area (Å²) in [5, 5.41) is 9.97. The Labute approximate surface area is 274 Å². The minimum atomic E-state index is -0.664. The number of fused-ring (bicyclic) bond motifs is 1. The molecule has 0 aliphatic carbocycles. The number of nitrogens with one attached hydrogen (secondary N) is 3. The van der Waals surface area contributed by atoms with Gasteiger partial charge in [-0.25, -0.2) is 9.59 Å². The fourth-order valence-corrected chi connectivity index (χ4v) is 5.26. The first-order valence-electron chi connectivity index (χ1n) is 15.3. The molecule has 0 radical (unpaired) electrons. The number of urea groups is 1. The molecule has 0 saturated carbocycles. The Morgan fingerprint density at radius 3 is 2.13 bits per heavy atom. The van der Waals surface area contributed by atoms with Gasteiger partial charge in [-0.3, -0.25) is 15.1 Å². The molecule has 1 aromatic heterocycles. The second kappa shape index (κ2) is 14.0. The molecule has 47 heavy (non-hydrogen) atoms. The second-order valence-corrected chi connectivity index (χ2v) is 12.3. The average Bonchev–Trinajstić information content (AvgIpc) is 3.05. The highest BCUT2D eigenvalue weighted by Crippen LogP contribution is 2.39. The van der Waals surface area contributed by atoms with E-state index in [9.17, 15) is 14.4 Å². The van der Waals surface area contributed by atoms with Crippen LogP contribution in [-0.2, 0) is 10.2 Å². The molecule has 12 nitrogen and oxygen atoms in total. The van der Waals surface area contributed by atoms with E-state index in [-0.39, 0.29) is 17.1 Å². The zero-order chi connectivity index (χ0) is 33.7. The molecular weight excluding hydrogens is 600 g/mol. The summed E-state index contributed by atoms with van der Waals surface area (Å²) >= 11 is 0. The van der Waals surface area contributed by atoms with Crippen LogP contribution in [0.4, 0.5) is 26.7 Å². The quantitative estimate of drug-likeness (QED) is 0.207. The lowest BCUT2D eigenvalue weighted by Gasteiger charge is -2.32. The highest BCUT2D eigenvalue weighted by Gasteiger charge is 2.24.